The average molecular weight is 375 g/mol. The molecule has 154 valence electrons. The molecule has 4 fully saturated rings. The van der Waals surface area contributed by atoms with Crippen molar-refractivity contribution in [3.8, 4) is 0 Å². The molecule has 0 aromatic carbocycles. The van der Waals surface area contributed by atoms with E-state index >= 15 is 0 Å². The van der Waals surface area contributed by atoms with Crippen LogP contribution in [0.15, 0.2) is 0 Å². The number of carbonyl (C=O) groups is 1. The number of ether oxygens (including phenoxy) is 1. The zero-order valence-electron chi connectivity index (χ0n) is 18.3. The fourth-order valence-corrected chi connectivity index (χ4v) is 8.90. The van der Waals surface area contributed by atoms with Crippen LogP contribution in [0.5, 0.6) is 0 Å². The lowest BCUT2D eigenvalue weighted by Gasteiger charge is -2.60. The molecule has 0 bridgehead atoms. The van der Waals surface area contributed by atoms with Crippen molar-refractivity contribution in [1.82, 2.24) is 0 Å². The van der Waals surface area contributed by atoms with E-state index in [0.29, 0.717) is 35.7 Å². The molecule has 0 aromatic heterocycles. The maximum Gasteiger partial charge on any atom is 0.306 e. The Kier molecular flexibility index (Phi) is 5.40. The third-order valence-corrected chi connectivity index (χ3v) is 10.1. The maximum absolute atomic E-state index is 12.1. The first kappa shape index (κ1) is 19.8. The topological polar surface area (TPSA) is 26.3 Å². The van der Waals surface area contributed by atoms with Gasteiger partial charge in [-0.1, -0.05) is 33.6 Å². The van der Waals surface area contributed by atoms with Gasteiger partial charge in [0.2, 0.25) is 0 Å². The molecule has 4 saturated carbocycles. The van der Waals surface area contributed by atoms with Crippen LogP contribution in [0, 0.1) is 46.3 Å². The van der Waals surface area contributed by atoms with Gasteiger partial charge in [0.25, 0.3) is 0 Å². The van der Waals surface area contributed by atoms with E-state index in [0.717, 1.165) is 23.7 Å². The smallest absolute Gasteiger partial charge is 0.306 e. The molecule has 8 atom stereocenters. The van der Waals surface area contributed by atoms with Gasteiger partial charge in [0, 0.05) is 6.42 Å². The Morgan fingerprint density at radius 2 is 1.74 bits per heavy atom. The van der Waals surface area contributed by atoms with Crippen LogP contribution in [0.25, 0.3) is 0 Å². The Morgan fingerprint density at radius 3 is 2.52 bits per heavy atom. The van der Waals surface area contributed by atoms with Crippen LogP contribution in [0.2, 0.25) is 0 Å². The van der Waals surface area contributed by atoms with Gasteiger partial charge in [0.1, 0.15) is 0 Å². The summed E-state index contributed by atoms with van der Waals surface area (Å²) in [4.78, 5) is 12.1. The first-order valence-corrected chi connectivity index (χ1v) is 12.1. The van der Waals surface area contributed by atoms with Gasteiger partial charge < -0.3 is 4.74 Å². The average Bonchev–Trinajstić information content (AvgIpc) is 2.98. The Morgan fingerprint density at radius 1 is 0.963 bits per heavy atom. The zero-order valence-corrected chi connectivity index (χ0v) is 18.3. The lowest BCUT2D eigenvalue weighted by molar-refractivity contribution is -0.145. The summed E-state index contributed by atoms with van der Waals surface area (Å²) in [7, 11) is 0. The molecule has 0 radical (unpaired) electrons. The van der Waals surface area contributed by atoms with Crippen molar-refractivity contribution >= 4 is 5.97 Å². The van der Waals surface area contributed by atoms with Crippen molar-refractivity contribution in [1.29, 1.82) is 0 Å². The monoisotopic (exact) mass is 374 g/mol. The highest BCUT2D eigenvalue weighted by Crippen LogP contribution is 2.68. The molecule has 0 aromatic rings. The molecule has 0 unspecified atom stereocenters. The molecule has 0 saturated heterocycles. The van der Waals surface area contributed by atoms with E-state index in [1.807, 2.05) is 6.92 Å². The van der Waals surface area contributed by atoms with E-state index in [4.69, 9.17) is 4.74 Å². The molecule has 27 heavy (non-hydrogen) atoms. The van der Waals surface area contributed by atoms with Gasteiger partial charge in [-0.2, -0.15) is 0 Å². The highest BCUT2D eigenvalue weighted by atomic mass is 16.5. The fourth-order valence-electron chi connectivity index (χ4n) is 8.90. The Labute approximate surface area is 167 Å². The van der Waals surface area contributed by atoms with E-state index in [1.54, 1.807) is 0 Å². The van der Waals surface area contributed by atoms with E-state index in [2.05, 4.69) is 20.8 Å². The minimum Gasteiger partial charge on any atom is -0.466 e. The lowest BCUT2D eigenvalue weighted by Crippen LogP contribution is -2.53. The van der Waals surface area contributed by atoms with Crippen LogP contribution < -0.4 is 0 Å². The van der Waals surface area contributed by atoms with Crippen molar-refractivity contribution in [2.75, 3.05) is 6.61 Å². The van der Waals surface area contributed by atoms with Gasteiger partial charge in [0.15, 0.2) is 0 Å². The summed E-state index contributed by atoms with van der Waals surface area (Å²) in [5.41, 5.74) is 1.10. The van der Waals surface area contributed by atoms with Crippen molar-refractivity contribution in [2.24, 2.45) is 46.3 Å². The molecule has 0 N–H and O–H groups in total. The Hall–Kier alpha value is -0.530. The van der Waals surface area contributed by atoms with Crippen molar-refractivity contribution in [2.45, 2.75) is 98.3 Å². The molecular formula is C25H42O2. The molecule has 4 rings (SSSR count). The molecule has 0 spiro atoms. The minimum atomic E-state index is 0.0148. The van der Waals surface area contributed by atoms with Crippen molar-refractivity contribution in [3.05, 3.63) is 0 Å². The molecule has 0 aliphatic heterocycles. The summed E-state index contributed by atoms with van der Waals surface area (Å²) < 4.78 is 5.26. The number of hydrogen-bond acceptors (Lipinski definition) is 2. The molecule has 0 heterocycles. The predicted molar refractivity (Wildman–Crippen MR) is 110 cm³/mol. The number of carbonyl (C=O) groups excluding carboxylic acids is 1. The third kappa shape index (κ3) is 3.18. The first-order valence-electron chi connectivity index (χ1n) is 12.1. The minimum absolute atomic E-state index is 0.0148. The van der Waals surface area contributed by atoms with Crippen LogP contribution in [0.4, 0.5) is 0 Å². The lowest BCUT2D eigenvalue weighted by atomic mass is 9.44. The van der Waals surface area contributed by atoms with Crippen LogP contribution in [0.3, 0.4) is 0 Å². The quantitative estimate of drug-likeness (QED) is 0.517. The standard InChI is InChI=1S/C25H42O2/c1-5-27-23(26)16-17(2)20-11-12-21-19-10-9-18-8-6-7-14-24(18,3)22(19)13-15-25(20,21)4/h17-22H,5-16H2,1-4H3/t17-,18-,19-,20+,21-,22-,24+,25+/m1/s1. The van der Waals surface area contributed by atoms with Gasteiger partial charge in [-0.25, -0.2) is 0 Å². The second-order valence-electron chi connectivity index (χ2n) is 11.1. The van der Waals surface area contributed by atoms with Crippen LogP contribution in [-0.4, -0.2) is 12.6 Å². The van der Waals surface area contributed by atoms with Crippen LogP contribution >= 0.6 is 0 Å². The summed E-state index contributed by atoms with van der Waals surface area (Å²) in [6.45, 7) is 10.0. The summed E-state index contributed by atoms with van der Waals surface area (Å²) in [6, 6.07) is 0. The van der Waals surface area contributed by atoms with E-state index in [1.165, 1.54) is 64.2 Å². The highest BCUT2D eigenvalue weighted by molar-refractivity contribution is 5.69. The van der Waals surface area contributed by atoms with Gasteiger partial charge in [-0.15, -0.1) is 0 Å². The van der Waals surface area contributed by atoms with Gasteiger partial charge in [0.05, 0.1) is 6.61 Å². The van der Waals surface area contributed by atoms with E-state index < -0.39 is 0 Å². The summed E-state index contributed by atoms with van der Waals surface area (Å²) in [5.74, 6) is 5.06. The highest BCUT2D eigenvalue weighted by Gasteiger charge is 2.60. The Balaban J connectivity index is 1.50. The second kappa shape index (κ2) is 7.38. The summed E-state index contributed by atoms with van der Waals surface area (Å²) in [5, 5.41) is 0. The maximum atomic E-state index is 12.1. The number of hydrogen-bond donors (Lipinski definition) is 0. The van der Waals surface area contributed by atoms with Gasteiger partial charge in [-0.3, -0.25) is 4.79 Å². The molecule has 4 aliphatic carbocycles. The molecular weight excluding hydrogens is 332 g/mol. The zero-order chi connectivity index (χ0) is 19.2. The normalized spacial score (nSPS) is 47.5. The summed E-state index contributed by atoms with van der Waals surface area (Å²) in [6.07, 6.45) is 15.1. The Bertz CT molecular complexity index is 557. The largest absolute Gasteiger partial charge is 0.466 e. The van der Waals surface area contributed by atoms with E-state index in [-0.39, 0.29) is 5.97 Å². The molecule has 2 heteroatoms. The SMILES string of the molecule is CCOC(=O)C[C@@H](C)[C@@H]1CC[C@@H]2[C@H]3CC[C@H]4CCCC[C@]4(C)[C@@H]3CC[C@]21C. The van der Waals surface area contributed by atoms with Gasteiger partial charge >= 0.3 is 5.97 Å². The first-order chi connectivity index (χ1) is 12.9. The van der Waals surface area contributed by atoms with Crippen LogP contribution in [0.1, 0.15) is 98.3 Å². The molecule has 4 aliphatic rings. The molecule has 0 amide bonds. The predicted octanol–water partition coefficient (Wildman–Crippen LogP) is 6.62. The molecule has 2 nitrogen and oxygen atoms in total. The van der Waals surface area contributed by atoms with E-state index in [9.17, 15) is 4.79 Å². The number of esters is 1. The second-order valence-corrected chi connectivity index (χ2v) is 11.1. The third-order valence-electron chi connectivity index (χ3n) is 10.1. The van der Waals surface area contributed by atoms with Crippen LogP contribution in [-0.2, 0) is 9.53 Å². The fraction of sp³-hybridized carbons (Fsp3) is 0.960. The van der Waals surface area contributed by atoms with Crippen molar-refractivity contribution < 1.29 is 9.53 Å². The van der Waals surface area contributed by atoms with Crippen molar-refractivity contribution in [3.63, 3.8) is 0 Å². The van der Waals surface area contributed by atoms with Gasteiger partial charge in [-0.05, 0) is 105 Å². The summed E-state index contributed by atoms with van der Waals surface area (Å²) >= 11 is 0. The number of rotatable bonds is 4. The number of fused-ring (bicyclic) bond motifs is 5.